The van der Waals surface area contributed by atoms with Crippen LogP contribution in [0.3, 0.4) is 0 Å². The van der Waals surface area contributed by atoms with Crippen LogP contribution >= 0.6 is 0 Å². The van der Waals surface area contributed by atoms with Crippen molar-refractivity contribution in [3.05, 3.63) is 58.4 Å². The summed E-state index contributed by atoms with van der Waals surface area (Å²) in [7, 11) is -3.20. The van der Waals surface area contributed by atoms with Crippen LogP contribution in [0.15, 0.2) is 30.3 Å². The van der Waals surface area contributed by atoms with Gasteiger partial charge < -0.3 is 9.30 Å². The van der Waals surface area contributed by atoms with Gasteiger partial charge in [-0.2, -0.15) is 0 Å². The molecule has 27 heavy (non-hydrogen) atoms. The van der Waals surface area contributed by atoms with Crippen LogP contribution in [0.2, 0.25) is 0 Å². The minimum Gasteiger partial charge on any atom is -0.454 e. The lowest BCUT2D eigenvalue weighted by molar-refractivity contribution is 0.0474. The van der Waals surface area contributed by atoms with Crippen LogP contribution in [0.25, 0.3) is 0 Å². The number of rotatable bonds is 7. The van der Waals surface area contributed by atoms with Gasteiger partial charge in [-0.1, -0.05) is 12.1 Å². The van der Waals surface area contributed by atoms with Crippen LogP contribution in [0.4, 0.5) is 0 Å². The SMILES string of the molecule is Cc1cc(C(=O)COC(=O)c2cccc(CS(C)(=O)=O)c2)c(C)n1C1CC1. The molecule has 1 fully saturated rings. The number of Topliss-reactive ketones (excluding diaryl/α,β-unsaturated/α-hetero) is 1. The van der Waals surface area contributed by atoms with Gasteiger partial charge in [0.05, 0.1) is 11.3 Å². The van der Waals surface area contributed by atoms with Crippen molar-refractivity contribution >= 4 is 21.6 Å². The van der Waals surface area contributed by atoms with E-state index in [-0.39, 0.29) is 23.7 Å². The first-order chi connectivity index (χ1) is 12.7. The molecule has 2 aromatic rings. The Labute approximate surface area is 159 Å². The van der Waals surface area contributed by atoms with E-state index >= 15 is 0 Å². The number of sulfone groups is 1. The molecule has 0 saturated heterocycles. The van der Waals surface area contributed by atoms with Crippen molar-refractivity contribution in [1.29, 1.82) is 0 Å². The number of hydrogen-bond donors (Lipinski definition) is 0. The summed E-state index contributed by atoms with van der Waals surface area (Å²) in [4.78, 5) is 24.7. The van der Waals surface area contributed by atoms with Crippen molar-refractivity contribution in [3.8, 4) is 0 Å². The summed E-state index contributed by atoms with van der Waals surface area (Å²) in [6, 6.07) is 8.57. The number of hydrogen-bond acceptors (Lipinski definition) is 5. The predicted octanol–water partition coefficient (Wildman–Crippen LogP) is 3.02. The highest BCUT2D eigenvalue weighted by Crippen LogP contribution is 2.38. The molecule has 0 aliphatic heterocycles. The number of benzene rings is 1. The van der Waals surface area contributed by atoms with Gasteiger partial charge in [0.15, 0.2) is 16.4 Å². The molecular weight excluding hydrogens is 366 g/mol. The molecule has 6 nitrogen and oxygen atoms in total. The normalized spacial score (nSPS) is 14.2. The van der Waals surface area contributed by atoms with Crippen molar-refractivity contribution < 1.29 is 22.7 Å². The number of carbonyl (C=O) groups excluding carboxylic acids is 2. The summed E-state index contributed by atoms with van der Waals surface area (Å²) >= 11 is 0. The second kappa shape index (κ2) is 7.31. The van der Waals surface area contributed by atoms with E-state index < -0.39 is 15.8 Å². The van der Waals surface area contributed by atoms with Crippen LogP contribution in [0, 0.1) is 13.8 Å². The monoisotopic (exact) mass is 389 g/mol. The van der Waals surface area contributed by atoms with Gasteiger partial charge in [-0.15, -0.1) is 0 Å². The summed E-state index contributed by atoms with van der Waals surface area (Å²) in [6.45, 7) is 3.54. The molecule has 1 aliphatic carbocycles. The highest BCUT2D eigenvalue weighted by atomic mass is 32.2. The zero-order chi connectivity index (χ0) is 19.8. The molecule has 144 valence electrons. The van der Waals surface area contributed by atoms with Gasteiger partial charge in [-0.25, -0.2) is 13.2 Å². The number of nitrogens with zero attached hydrogens (tertiary/aromatic N) is 1. The van der Waals surface area contributed by atoms with E-state index in [0.29, 0.717) is 17.2 Å². The molecule has 0 bridgehead atoms. The van der Waals surface area contributed by atoms with Crippen LogP contribution in [0.1, 0.15) is 56.6 Å². The van der Waals surface area contributed by atoms with Crippen LogP contribution in [-0.4, -0.2) is 37.6 Å². The molecule has 0 N–H and O–H groups in total. The minimum absolute atomic E-state index is 0.153. The third-order valence-corrected chi connectivity index (χ3v) is 5.48. The minimum atomic E-state index is -3.20. The lowest BCUT2D eigenvalue weighted by Crippen LogP contribution is -2.15. The lowest BCUT2D eigenvalue weighted by Gasteiger charge is -2.08. The Bertz CT molecular complexity index is 999. The zero-order valence-electron chi connectivity index (χ0n) is 15.7. The number of ether oxygens (including phenoxy) is 1. The fourth-order valence-corrected chi connectivity index (χ4v) is 4.12. The van der Waals surface area contributed by atoms with Crippen molar-refractivity contribution in [3.63, 3.8) is 0 Å². The first-order valence-electron chi connectivity index (χ1n) is 8.81. The van der Waals surface area contributed by atoms with Crippen molar-refractivity contribution in [2.24, 2.45) is 0 Å². The van der Waals surface area contributed by atoms with Gasteiger partial charge in [0.25, 0.3) is 0 Å². The lowest BCUT2D eigenvalue weighted by atomic mass is 10.1. The van der Waals surface area contributed by atoms with Crippen LogP contribution < -0.4 is 0 Å². The second-order valence-electron chi connectivity index (χ2n) is 7.16. The fourth-order valence-electron chi connectivity index (χ4n) is 3.34. The number of ketones is 1. The molecule has 1 aromatic heterocycles. The Morgan fingerprint density at radius 3 is 2.52 bits per heavy atom. The maximum atomic E-state index is 12.5. The van der Waals surface area contributed by atoms with Gasteiger partial charge in [-0.3, -0.25) is 4.79 Å². The molecule has 1 aromatic carbocycles. The summed E-state index contributed by atoms with van der Waals surface area (Å²) in [5.74, 6) is -1.04. The average molecular weight is 389 g/mol. The maximum absolute atomic E-state index is 12.5. The van der Waals surface area contributed by atoms with Gasteiger partial charge in [0, 0.05) is 29.2 Å². The van der Waals surface area contributed by atoms with E-state index in [2.05, 4.69) is 4.57 Å². The van der Waals surface area contributed by atoms with Gasteiger partial charge in [0.1, 0.15) is 0 Å². The van der Waals surface area contributed by atoms with Crippen LogP contribution in [0.5, 0.6) is 0 Å². The molecule has 0 unspecified atom stereocenters. The van der Waals surface area contributed by atoms with E-state index in [0.717, 1.165) is 30.5 Å². The highest BCUT2D eigenvalue weighted by molar-refractivity contribution is 7.89. The van der Waals surface area contributed by atoms with Gasteiger partial charge in [0.2, 0.25) is 5.78 Å². The Morgan fingerprint density at radius 1 is 1.19 bits per heavy atom. The predicted molar refractivity (Wildman–Crippen MR) is 102 cm³/mol. The number of carbonyl (C=O) groups is 2. The smallest absolute Gasteiger partial charge is 0.338 e. The summed E-state index contributed by atoms with van der Waals surface area (Å²) in [5.41, 5.74) is 3.26. The Morgan fingerprint density at radius 2 is 1.89 bits per heavy atom. The molecule has 1 aliphatic rings. The summed E-state index contributed by atoms with van der Waals surface area (Å²) < 4.78 is 30.1. The van der Waals surface area contributed by atoms with E-state index in [1.165, 1.54) is 12.1 Å². The van der Waals surface area contributed by atoms with Gasteiger partial charge in [-0.05, 0) is 50.5 Å². The largest absolute Gasteiger partial charge is 0.454 e. The molecule has 0 spiro atoms. The summed E-state index contributed by atoms with van der Waals surface area (Å²) in [5, 5.41) is 0. The van der Waals surface area contributed by atoms with Crippen LogP contribution in [-0.2, 0) is 20.3 Å². The molecule has 7 heteroatoms. The van der Waals surface area contributed by atoms with E-state index in [1.807, 2.05) is 19.9 Å². The average Bonchev–Trinajstić information content (AvgIpc) is 3.36. The van der Waals surface area contributed by atoms with Crippen molar-refractivity contribution in [2.75, 3.05) is 12.9 Å². The first-order valence-corrected chi connectivity index (χ1v) is 10.9. The number of aromatic nitrogens is 1. The highest BCUT2D eigenvalue weighted by Gasteiger charge is 2.28. The molecule has 1 heterocycles. The van der Waals surface area contributed by atoms with Gasteiger partial charge >= 0.3 is 5.97 Å². The molecule has 1 saturated carbocycles. The van der Waals surface area contributed by atoms with E-state index in [9.17, 15) is 18.0 Å². The molecule has 0 atom stereocenters. The Kier molecular flexibility index (Phi) is 5.24. The topological polar surface area (TPSA) is 82.4 Å². The summed E-state index contributed by atoms with van der Waals surface area (Å²) in [6.07, 6.45) is 3.39. The van der Waals surface area contributed by atoms with E-state index in [4.69, 9.17) is 4.74 Å². The molecular formula is C20H23NO5S. The Hall–Kier alpha value is -2.41. The molecule has 3 rings (SSSR count). The number of esters is 1. The molecule has 0 amide bonds. The first kappa shape index (κ1) is 19.4. The maximum Gasteiger partial charge on any atom is 0.338 e. The number of aryl methyl sites for hydroxylation is 1. The van der Waals surface area contributed by atoms with Crippen molar-refractivity contribution in [2.45, 2.75) is 38.5 Å². The standard InChI is InChI=1S/C20H23NO5S/c1-13-9-18(14(2)21(13)17-7-8-17)19(22)11-26-20(23)16-6-4-5-15(10-16)12-27(3,24)25/h4-6,9-10,17H,7-8,11-12H2,1-3H3. The zero-order valence-corrected chi connectivity index (χ0v) is 16.5. The Balaban J connectivity index is 1.66. The second-order valence-corrected chi connectivity index (χ2v) is 9.30. The fraction of sp³-hybridized carbons (Fsp3) is 0.400. The van der Waals surface area contributed by atoms with Crippen molar-refractivity contribution in [1.82, 2.24) is 4.57 Å². The molecule has 0 radical (unpaired) electrons. The van der Waals surface area contributed by atoms with E-state index in [1.54, 1.807) is 12.1 Å². The third-order valence-electron chi connectivity index (χ3n) is 4.62. The third kappa shape index (κ3) is 4.66. The quantitative estimate of drug-likeness (QED) is 0.537.